The van der Waals surface area contributed by atoms with Gasteiger partial charge in [-0.2, -0.15) is 0 Å². The van der Waals surface area contributed by atoms with Crippen molar-refractivity contribution in [3.63, 3.8) is 0 Å². The minimum Gasteiger partial charge on any atom is -0.478 e. The Bertz CT molecular complexity index is 1160. The molecule has 180 valence electrons. The summed E-state index contributed by atoms with van der Waals surface area (Å²) in [5.74, 6) is -0.476. The number of rotatable bonds is 10. The van der Waals surface area contributed by atoms with Crippen molar-refractivity contribution in [2.45, 2.75) is 65.1 Å². The molecule has 3 rings (SSSR count). The smallest absolute Gasteiger partial charge is 0.328 e. The summed E-state index contributed by atoms with van der Waals surface area (Å²) >= 11 is 0. The molecule has 34 heavy (non-hydrogen) atoms. The first-order valence-electron chi connectivity index (χ1n) is 11.3. The van der Waals surface area contributed by atoms with Gasteiger partial charge in [0.15, 0.2) is 0 Å². The number of hydrogen-bond acceptors (Lipinski definition) is 7. The summed E-state index contributed by atoms with van der Waals surface area (Å²) < 4.78 is 17.4. The van der Waals surface area contributed by atoms with Gasteiger partial charge in [-0.1, -0.05) is 30.3 Å². The molecule has 2 aromatic heterocycles. The molecular weight excluding hydrogens is 436 g/mol. The fourth-order valence-corrected chi connectivity index (χ4v) is 3.48. The summed E-state index contributed by atoms with van der Waals surface area (Å²) in [5.41, 5.74) is 1.15. The Hall–Kier alpha value is -3.68. The SMILES string of the molecule is C[C@H](CCCCC(=O)OC(C)(C)C)Oc1ncnc2oc(-c3ccccc3)c(C=CC(=O)O)c12. The van der Waals surface area contributed by atoms with E-state index in [1.165, 1.54) is 12.4 Å². The topological polar surface area (TPSA) is 112 Å². The summed E-state index contributed by atoms with van der Waals surface area (Å²) in [7, 11) is 0. The predicted molar refractivity (Wildman–Crippen MR) is 128 cm³/mol. The molecule has 0 unspecified atom stereocenters. The molecule has 0 saturated carbocycles. The summed E-state index contributed by atoms with van der Waals surface area (Å²) in [6, 6.07) is 9.37. The maximum Gasteiger partial charge on any atom is 0.328 e. The van der Waals surface area contributed by atoms with Gasteiger partial charge in [0, 0.05) is 23.6 Å². The Labute approximate surface area is 198 Å². The number of benzene rings is 1. The van der Waals surface area contributed by atoms with Crippen molar-refractivity contribution in [2.24, 2.45) is 0 Å². The highest BCUT2D eigenvalue weighted by Crippen LogP contribution is 2.38. The Kier molecular flexibility index (Phi) is 8.04. The lowest BCUT2D eigenvalue weighted by Gasteiger charge is -2.19. The minimum atomic E-state index is -1.08. The summed E-state index contributed by atoms with van der Waals surface area (Å²) in [5, 5.41) is 9.68. The zero-order chi connectivity index (χ0) is 24.7. The molecule has 2 heterocycles. The second-order valence-corrected chi connectivity index (χ2v) is 9.00. The fourth-order valence-electron chi connectivity index (χ4n) is 3.48. The molecule has 0 aliphatic carbocycles. The van der Waals surface area contributed by atoms with Gasteiger partial charge in [-0.25, -0.2) is 14.8 Å². The summed E-state index contributed by atoms with van der Waals surface area (Å²) in [6.45, 7) is 7.47. The third kappa shape index (κ3) is 6.91. The average molecular weight is 467 g/mol. The van der Waals surface area contributed by atoms with Crippen molar-refractivity contribution in [1.82, 2.24) is 9.97 Å². The van der Waals surface area contributed by atoms with Crippen LogP contribution in [0.4, 0.5) is 0 Å². The monoisotopic (exact) mass is 466 g/mol. The number of carboxylic acids is 1. The van der Waals surface area contributed by atoms with E-state index in [0.29, 0.717) is 47.6 Å². The molecule has 0 fully saturated rings. The van der Waals surface area contributed by atoms with Gasteiger partial charge in [0.2, 0.25) is 11.6 Å². The van der Waals surface area contributed by atoms with Crippen LogP contribution in [0.2, 0.25) is 0 Å². The van der Waals surface area contributed by atoms with E-state index < -0.39 is 11.6 Å². The zero-order valence-corrected chi connectivity index (χ0v) is 19.9. The molecule has 1 atom stereocenters. The van der Waals surface area contributed by atoms with Gasteiger partial charge in [0.25, 0.3) is 0 Å². The van der Waals surface area contributed by atoms with E-state index in [9.17, 15) is 9.59 Å². The van der Waals surface area contributed by atoms with Gasteiger partial charge in [-0.05, 0) is 53.0 Å². The number of carbonyl (C=O) groups is 2. The van der Waals surface area contributed by atoms with E-state index in [4.69, 9.17) is 19.0 Å². The van der Waals surface area contributed by atoms with Gasteiger partial charge in [-0.3, -0.25) is 4.79 Å². The van der Waals surface area contributed by atoms with Crippen molar-refractivity contribution < 1.29 is 28.6 Å². The normalized spacial score (nSPS) is 12.7. The molecule has 0 spiro atoms. The standard InChI is InChI=1S/C26H30N2O6/c1-17(10-8-9-13-21(31)34-26(2,3)4)32-24-22-19(14-15-20(29)30)23(18-11-6-5-7-12-18)33-25(22)28-16-27-24/h5-7,11-12,14-17H,8-10,13H2,1-4H3,(H,29,30)/t17-/m1/s1. The number of fused-ring (bicyclic) bond motifs is 1. The van der Waals surface area contributed by atoms with Crippen LogP contribution in [-0.4, -0.2) is 38.7 Å². The van der Waals surface area contributed by atoms with E-state index in [-0.39, 0.29) is 12.1 Å². The number of aromatic nitrogens is 2. The van der Waals surface area contributed by atoms with Crippen LogP contribution in [0.15, 0.2) is 47.2 Å². The molecule has 0 radical (unpaired) electrons. The van der Waals surface area contributed by atoms with Gasteiger partial charge >= 0.3 is 11.9 Å². The summed E-state index contributed by atoms with van der Waals surface area (Å²) in [4.78, 5) is 31.6. The Balaban J connectivity index is 1.77. The molecular formula is C26H30N2O6. The van der Waals surface area contributed by atoms with Crippen molar-refractivity contribution in [2.75, 3.05) is 0 Å². The number of esters is 1. The highest BCUT2D eigenvalue weighted by atomic mass is 16.6. The molecule has 0 aliphatic heterocycles. The number of aliphatic carboxylic acids is 1. The Morgan fingerprint density at radius 2 is 1.88 bits per heavy atom. The Morgan fingerprint density at radius 1 is 1.15 bits per heavy atom. The van der Waals surface area contributed by atoms with Crippen molar-refractivity contribution in [3.05, 3.63) is 48.3 Å². The second-order valence-electron chi connectivity index (χ2n) is 9.00. The van der Waals surface area contributed by atoms with E-state index in [0.717, 1.165) is 18.1 Å². The first-order valence-corrected chi connectivity index (χ1v) is 11.3. The predicted octanol–water partition coefficient (Wildman–Crippen LogP) is 5.66. The van der Waals surface area contributed by atoms with E-state index >= 15 is 0 Å². The van der Waals surface area contributed by atoms with E-state index in [1.54, 1.807) is 0 Å². The van der Waals surface area contributed by atoms with Crippen molar-refractivity contribution >= 4 is 29.1 Å². The number of hydrogen-bond donors (Lipinski definition) is 1. The minimum absolute atomic E-state index is 0.192. The zero-order valence-electron chi connectivity index (χ0n) is 19.9. The number of unbranched alkanes of at least 4 members (excludes halogenated alkanes) is 1. The van der Waals surface area contributed by atoms with Crippen LogP contribution < -0.4 is 4.74 Å². The number of carbonyl (C=O) groups excluding carboxylic acids is 1. The quantitative estimate of drug-likeness (QED) is 0.231. The van der Waals surface area contributed by atoms with E-state index in [1.807, 2.05) is 58.0 Å². The van der Waals surface area contributed by atoms with Gasteiger partial charge < -0.3 is 19.0 Å². The largest absolute Gasteiger partial charge is 0.478 e. The number of nitrogens with zero attached hydrogens (tertiary/aromatic N) is 2. The van der Waals surface area contributed by atoms with Gasteiger partial charge in [0.1, 0.15) is 23.1 Å². The summed E-state index contributed by atoms with van der Waals surface area (Å²) in [6.07, 6.45) is 6.22. The molecule has 8 nitrogen and oxygen atoms in total. The highest BCUT2D eigenvalue weighted by molar-refractivity contribution is 5.98. The van der Waals surface area contributed by atoms with Crippen LogP contribution in [0, 0.1) is 0 Å². The van der Waals surface area contributed by atoms with Gasteiger partial charge in [0.05, 0.1) is 6.10 Å². The molecule has 1 N–H and O–H groups in total. The molecule has 3 aromatic rings. The maximum absolute atomic E-state index is 11.9. The van der Waals surface area contributed by atoms with Crippen LogP contribution in [0.3, 0.4) is 0 Å². The highest BCUT2D eigenvalue weighted by Gasteiger charge is 2.21. The maximum atomic E-state index is 11.9. The molecule has 0 amide bonds. The molecule has 8 heteroatoms. The molecule has 0 saturated heterocycles. The third-order valence-electron chi connectivity index (χ3n) is 4.89. The van der Waals surface area contributed by atoms with Crippen LogP contribution in [-0.2, 0) is 14.3 Å². The lowest BCUT2D eigenvalue weighted by molar-refractivity contribution is -0.155. The third-order valence-corrected chi connectivity index (χ3v) is 4.89. The van der Waals surface area contributed by atoms with Crippen LogP contribution >= 0.6 is 0 Å². The van der Waals surface area contributed by atoms with Crippen molar-refractivity contribution in [3.8, 4) is 17.2 Å². The second kappa shape index (κ2) is 11.0. The lowest BCUT2D eigenvalue weighted by Crippen LogP contribution is -2.23. The molecule has 1 aromatic carbocycles. The fraction of sp³-hybridized carbons (Fsp3) is 0.385. The number of furan rings is 1. The van der Waals surface area contributed by atoms with Crippen molar-refractivity contribution in [1.29, 1.82) is 0 Å². The first kappa shape index (κ1) is 25.0. The van der Waals surface area contributed by atoms with E-state index in [2.05, 4.69) is 9.97 Å². The Morgan fingerprint density at radius 3 is 2.56 bits per heavy atom. The van der Waals surface area contributed by atoms with Crippen LogP contribution in [0.5, 0.6) is 5.88 Å². The molecule has 0 aliphatic rings. The first-order chi connectivity index (χ1) is 16.1. The number of carboxylic acid groups (broad SMARTS) is 1. The average Bonchev–Trinajstić information content (AvgIpc) is 3.14. The van der Waals surface area contributed by atoms with Crippen LogP contribution in [0.1, 0.15) is 58.9 Å². The van der Waals surface area contributed by atoms with Crippen LogP contribution in [0.25, 0.3) is 28.5 Å². The lowest BCUT2D eigenvalue weighted by atomic mass is 10.1. The molecule has 0 bridgehead atoms. The number of ether oxygens (including phenoxy) is 2. The van der Waals surface area contributed by atoms with Gasteiger partial charge in [-0.15, -0.1) is 0 Å².